The van der Waals surface area contributed by atoms with Crippen LogP contribution >= 0.6 is 0 Å². The average molecular weight is 355 g/mol. The first-order valence-corrected chi connectivity index (χ1v) is 9.31. The van der Waals surface area contributed by atoms with E-state index in [1.807, 2.05) is 36.6 Å². The number of benzene rings is 1. The molecule has 1 aromatic heterocycles. The molecule has 2 aromatic rings. The molecule has 0 radical (unpaired) electrons. The molecule has 0 spiro atoms. The first-order valence-electron chi connectivity index (χ1n) is 9.31. The molecule has 6 heteroatoms. The summed E-state index contributed by atoms with van der Waals surface area (Å²) < 4.78 is 1.83. The maximum Gasteiger partial charge on any atom is 0.259 e. The maximum atomic E-state index is 13.0. The third-order valence-electron chi connectivity index (χ3n) is 4.87. The molecule has 0 amide bonds. The summed E-state index contributed by atoms with van der Waals surface area (Å²) in [5.74, 6) is 0.750. The van der Waals surface area contributed by atoms with Crippen molar-refractivity contribution in [1.29, 1.82) is 0 Å². The number of aryl methyl sites for hydroxylation is 1. The predicted octanol–water partition coefficient (Wildman–Crippen LogP) is 2.43. The molecular formula is C20H29N5O. The van der Waals surface area contributed by atoms with Crippen LogP contribution < -0.4 is 10.5 Å². The summed E-state index contributed by atoms with van der Waals surface area (Å²) in [4.78, 5) is 24.5. The van der Waals surface area contributed by atoms with Gasteiger partial charge >= 0.3 is 0 Å². The fourth-order valence-corrected chi connectivity index (χ4v) is 3.49. The van der Waals surface area contributed by atoms with E-state index in [-0.39, 0.29) is 5.56 Å². The zero-order valence-corrected chi connectivity index (χ0v) is 16.3. The second-order valence-electron chi connectivity index (χ2n) is 7.16. The van der Waals surface area contributed by atoms with E-state index < -0.39 is 0 Å². The van der Waals surface area contributed by atoms with Crippen LogP contribution in [0.4, 0.5) is 11.6 Å². The average Bonchev–Trinajstić information content (AvgIpc) is 2.62. The summed E-state index contributed by atoms with van der Waals surface area (Å²) in [5, 5.41) is 0. The fourth-order valence-electron chi connectivity index (χ4n) is 3.49. The summed E-state index contributed by atoms with van der Waals surface area (Å²) >= 11 is 0. The van der Waals surface area contributed by atoms with E-state index in [1.54, 1.807) is 0 Å². The number of nitrogens with zero attached hydrogens (tertiary/aromatic N) is 5. The standard InChI is InChI=1S/C20H29N5O/c1-5-18-16(2)21-20-24(17-10-7-6-8-11-17)14-23(13-9-12-22(3)4)15-25(20)19(18)26/h6-8,10-11H,5,9,12-15H2,1-4H3. The van der Waals surface area contributed by atoms with Crippen LogP contribution in [0.25, 0.3) is 0 Å². The van der Waals surface area contributed by atoms with E-state index in [1.165, 1.54) is 0 Å². The van der Waals surface area contributed by atoms with Gasteiger partial charge in [0, 0.05) is 23.5 Å². The molecule has 1 aliphatic rings. The topological polar surface area (TPSA) is 44.6 Å². The van der Waals surface area contributed by atoms with E-state index in [4.69, 9.17) is 4.98 Å². The van der Waals surface area contributed by atoms with Gasteiger partial charge in [-0.25, -0.2) is 4.98 Å². The molecule has 3 rings (SSSR count). The summed E-state index contributed by atoms with van der Waals surface area (Å²) in [6, 6.07) is 10.2. The second kappa shape index (κ2) is 8.01. The Kier molecular flexibility index (Phi) is 5.74. The van der Waals surface area contributed by atoms with Crippen molar-refractivity contribution in [2.45, 2.75) is 33.4 Å². The Balaban J connectivity index is 1.98. The highest BCUT2D eigenvalue weighted by molar-refractivity contribution is 5.58. The molecule has 0 saturated heterocycles. The number of aromatic nitrogens is 2. The van der Waals surface area contributed by atoms with Crippen LogP contribution in [0.2, 0.25) is 0 Å². The number of hydrogen-bond acceptors (Lipinski definition) is 5. The van der Waals surface area contributed by atoms with Gasteiger partial charge in [-0.3, -0.25) is 19.2 Å². The lowest BCUT2D eigenvalue weighted by Crippen LogP contribution is -2.48. The second-order valence-corrected chi connectivity index (χ2v) is 7.16. The molecular weight excluding hydrogens is 326 g/mol. The minimum atomic E-state index is 0.0910. The van der Waals surface area contributed by atoms with Crippen molar-refractivity contribution in [2.75, 3.05) is 38.8 Å². The summed E-state index contributed by atoms with van der Waals surface area (Å²) in [6.45, 7) is 7.29. The Morgan fingerprint density at radius 3 is 2.54 bits per heavy atom. The van der Waals surface area contributed by atoms with Crippen molar-refractivity contribution in [3.8, 4) is 0 Å². The van der Waals surface area contributed by atoms with E-state index in [9.17, 15) is 4.79 Å². The highest BCUT2D eigenvalue weighted by Crippen LogP contribution is 2.27. The monoisotopic (exact) mass is 355 g/mol. The number of rotatable bonds is 6. The van der Waals surface area contributed by atoms with Crippen LogP contribution in [0.3, 0.4) is 0 Å². The molecule has 0 bridgehead atoms. The van der Waals surface area contributed by atoms with Crippen LogP contribution in [0.5, 0.6) is 0 Å². The van der Waals surface area contributed by atoms with Gasteiger partial charge in [-0.1, -0.05) is 25.1 Å². The Morgan fingerprint density at radius 2 is 1.88 bits per heavy atom. The lowest BCUT2D eigenvalue weighted by Gasteiger charge is -2.38. The molecule has 1 aromatic carbocycles. The lowest BCUT2D eigenvalue weighted by atomic mass is 10.2. The van der Waals surface area contributed by atoms with Crippen molar-refractivity contribution in [1.82, 2.24) is 19.4 Å². The van der Waals surface area contributed by atoms with E-state index >= 15 is 0 Å². The number of fused-ring (bicyclic) bond motifs is 1. The Hall–Kier alpha value is -2.18. The highest BCUT2D eigenvalue weighted by Gasteiger charge is 2.27. The minimum absolute atomic E-state index is 0.0910. The third-order valence-corrected chi connectivity index (χ3v) is 4.87. The van der Waals surface area contributed by atoms with Crippen LogP contribution in [0, 0.1) is 6.92 Å². The molecule has 1 aliphatic heterocycles. The van der Waals surface area contributed by atoms with Gasteiger partial charge in [-0.2, -0.15) is 0 Å². The number of anilines is 2. The summed E-state index contributed by atoms with van der Waals surface area (Å²) in [7, 11) is 4.18. The number of hydrogen-bond donors (Lipinski definition) is 0. The molecule has 140 valence electrons. The van der Waals surface area contributed by atoms with Gasteiger partial charge in [0.15, 0.2) is 0 Å². The minimum Gasteiger partial charge on any atom is -0.309 e. The lowest BCUT2D eigenvalue weighted by molar-refractivity contribution is 0.189. The molecule has 0 saturated carbocycles. The third kappa shape index (κ3) is 3.81. The maximum absolute atomic E-state index is 13.0. The predicted molar refractivity (Wildman–Crippen MR) is 106 cm³/mol. The van der Waals surface area contributed by atoms with Gasteiger partial charge in [0.25, 0.3) is 5.56 Å². The van der Waals surface area contributed by atoms with Crippen LogP contribution in [-0.2, 0) is 13.1 Å². The molecule has 0 aliphatic carbocycles. The van der Waals surface area contributed by atoms with Crippen molar-refractivity contribution in [3.05, 3.63) is 51.9 Å². The molecule has 2 heterocycles. The van der Waals surface area contributed by atoms with E-state index in [0.29, 0.717) is 13.1 Å². The molecule has 0 N–H and O–H groups in total. The Bertz CT molecular complexity index is 800. The van der Waals surface area contributed by atoms with Crippen LogP contribution in [0.15, 0.2) is 35.1 Å². The SMILES string of the molecule is CCc1c(C)nc2n(c1=O)CN(CCCN(C)C)CN2c1ccccc1. The Morgan fingerprint density at radius 1 is 1.15 bits per heavy atom. The quantitative estimate of drug-likeness (QED) is 0.796. The molecule has 0 atom stereocenters. The van der Waals surface area contributed by atoms with Gasteiger partial charge < -0.3 is 4.90 Å². The van der Waals surface area contributed by atoms with Gasteiger partial charge in [0.2, 0.25) is 5.95 Å². The molecule has 26 heavy (non-hydrogen) atoms. The van der Waals surface area contributed by atoms with Crippen molar-refractivity contribution in [2.24, 2.45) is 0 Å². The van der Waals surface area contributed by atoms with Crippen molar-refractivity contribution >= 4 is 11.6 Å². The van der Waals surface area contributed by atoms with Crippen molar-refractivity contribution < 1.29 is 0 Å². The van der Waals surface area contributed by atoms with Gasteiger partial charge in [-0.05, 0) is 52.5 Å². The first kappa shape index (κ1) is 18.6. The smallest absolute Gasteiger partial charge is 0.259 e. The fraction of sp³-hybridized carbons (Fsp3) is 0.500. The van der Waals surface area contributed by atoms with Crippen molar-refractivity contribution in [3.63, 3.8) is 0 Å². The molecule has 6 nitrogen and oxygen atoms in total. The zero-order valence-electron chi connectivity index (χ0n) is 16.3. The first-order chi connectivity index (χ1) is 12.5. The van der Waals surface area contributed by atoms with Crippen LogP contribution in [0.1, 0.15) is 24.6 Å². The van der Waals surface area contributed by atoms with Crippen LogP contribution in [-0.4, -0.2) is 53.2 Å². The normalized spacial score (nSPS) is 14.7. The molecule has 0 fully saturated rings. The highest BCUT2D eigenvalue weighted by atomic mass is 16.1. The Labute approximate surface area is 155 Å². The van der Waals surface area contributed by atoms with E-state index in [2.05, 4.69) is 40.9 Å². The molecule has 0 unspecified atom stereocenters. The van der Waals surface area contributed by atoms with Gasteiger partial charge in [0.1, 0.15) is 0 Å². The number of para-hydroxylation sites is 1. The van der Waals surface area contributed by atoms with E-state index in [0.717, 1.165) is 49.1 Å². The zero-order chi connectivity index (χ0) is 18.7. The summed E-state index contributed by atoms with van der Waals surface area (Å²) in [5.41, 5.74) is 2.81. The summed E-state index contributed by atoms with van der Waals surface area (Å²) in [6.07, 6.45) is 1.78. The van der Waals surface area contributed by atoms with Gasteiger partial charge in [0.05, 0.1) is 13.3 Å². The van der Waals surface area contributed by atoms with Gasteiger partial charge in [-0.15, -0.1) is 0 Å². The largest absolute Gasteiger partial charge is 0.309 e.